The Balaban J connectivity index is 1.85. The predicted octanol–water partition coefficient (Wildman–Crippen LogP) is 4.27. The van der Waals surface area contributed by atoms with E-state index in [2.05, 4.69) is 10.6 Å². The van der Waals surface area contributed by atoms with E-state index >= 15 is 0 Å². The molecule has 3 rings (SSSR count). The van der Waals surface area contributed by atoms with Crippen LogP contribution in [0.1, 0.15) is 32.1 Å². The fourth-order valence-electron chi connectivity index (χ4n) is 3.12. The van der Waals surface area contributed by atoms with Crippen LogP contribution in [0.2, 0.25) is 5.02 Å². The van der Waals surface area contributed by atoms with E-state index in [1.807, 2.05) is 0 Å². The summed E-state index contributed by atoms with van der Waals surface area (Å²) in [6.45, 7) is 1.88. The van der Waals surface area contributed by atoms with E-state index in [4.69, 9.17) is 11.6 Å². The summed E-state index contributed by atoms with van der Waals surface area (Å²) in [4.78, 5) is 0. The molecule has 0 bridgehead atoms. The van der Waals surface area contributed by atoms with Crippen molar-refractivity contribution in [2.24, 2.45) is 5.41 Å². The molecule has 1 aliphatic carbocycles. The van der Waals surface area contributed by atoms with Crippen LogP contribution in [-0.2, 0) is 0 Å². The third-order valence-electron chi connectivity index (χ3n) is 4.28. The molecule has 98 valence electrons. The molecule has 1 aromatic rings. The van der Waals surface area contributed by atoms with E-state index in [1.54, 1.807) is 6.07 Å². The molecule has 1 heterocycles. The largest absolute Gasteiger partial charge is 0.383 e. The first-order valence-electron chi connectivity index (χ1n) is 6.65. The minimum absolute atomic E-state index is 0.183. The average Bonchev–Trinajstić information content (AvgIpc) is 2.54. The van der Waals surface area contributed by atoms with Crippen LogP contribution in [-0.4, -0.2) is 13.1 Å². The van der Waals surface area contributed by atoms with E-state index in [0.29, 0.717) is 5.41 Å². The molecular weight excluding hydrogens is 251 g/mol. The standard InChI is InChI=1S/C14H18ClFN2/c15-10-6-12-13(7-11(10)16)18-9-14(8-17-12)4-2-1-3-5-14/h6-7,17-18H,1-5,8-9H2. The molecule has 18 heavy (non-hydrogen) atoms. The second-order valence-electron chi connectivity index (χ2n) is 5.58. The van der Waals surface area contributed by atoms with Gasteiger partial charge in [0.15, 0.2) is 0 Å². The summed E-state index contributed by atoms with van der Waals surface area (Å²) in [5, 5.41) is 7.02. The summed E-state index contributed by atoms with van der Waals surface area (Å²) in [5.74, 6) is -0.357. The Morgan fingerprint density at radius 2 is 1.61 bits per heavy atom. The molecule has 0 amide bonds. The highest BCUT2D eigenvalue weighted by atomic mass is 35.5. The van der Waals surface area contributed by atoms with Crippen LogP contribution in [0.3, 0.4) is 0 Å². The average molecular weight is 269 g/mol. The molecular formula is C14H18ClFN2. The normalized spacial score (nSPS) is 21.7. The minimum atomic E-state index is -0.357. The Labute approximate surface area is 112 Å². The van der Waals surface area contributed by atoms with Gasteiger partial charge in [-0.05, 0) is 18.9 Å². The Kier molecular flexibility index (Phi) is 3.10. The van der Waals surface area contributed by atoms with Crippen molar-refractivity contribution in [3.8, 4) is 0 Å². The highest BCUT2D eigenvalue weighted by molar-refractivity contribution is 6.31. The van der Waals surface area contributed by atoms with E-state index in [0.717, 1.165) is 24.5 Å². The fraction of sp³-hybridized carbons (Fsp3) is 0.571. The molecule has 1 spiro atoms. The molecule has 2 aliphatic rings. The number of benzene rings is 1. The molecule has 0 aromatic heterocycles. The molecule has 0 radical (unpaired) electrons. The van der Waals surface area contributed by atoms with Crippen LogP contribution in [0.5, 0.6) is 0 Å². The Morgan fingerprint density at radius 1 is 1.00 bits per heavy atom. The van der Waals surface area contributed by atoms with Gasteiger partial charge in [-0.25, -0.2) is 4.39 Å². The molecule has 2 nitrogen and oxygen atoms in total. The molecule has 0 unspecified atom stereocenters. The van der Waals surface area contributed by atoms with E-state index in [9.17, 15) is 4.39 Å². The first-order valence-corrected chi connectivity index (χ1v) is 7.03. The number of fused-ring (bicyclic) bond motifs is 1. The van der Waals surface area contributed by atoms with Gasteiger partial charge in [-0.2, -0.15) is 0 Å². The lowest BCUT2D eigenvalue weighted by Gasteiger charge is -2.36. The summed E-state index contributed by atoms with van der Waals surface area (Å²) >= 11 is 5.83. The Hall–Kier alpha value is -0.960. The van der Waals surface area contributed by atoms with E-state index in [1.165, 1.54) is 38.2 Å². The highest BCUT2D eigenvalue weighted by Gasteiger charge is 2.33. The predicted molar refractivity (Wildman–Crippen MR) is 73.9 cm³/mol. The molecule has 4 heteroatoms. The van der Waals surface area contributed by atoms with Gasteiger partial charge in [0, 0.05) is 24.6 Å². The fourth-order valence-corrected chi connectivity index (χ4v) is 3.29. The zero-order chi connectivity index (χ0) is 12.6. The summed E-state index contributed by atoms with van der Waals surface area (Å²) in [5.41, 5.74) is 2.07. The summed E-state index contributed by atoms with van der Waals surface area (Å²) in [6, 6.07) is 3.17. The van der Waals surface area contributed by atoms with Gasteiger partial charge in [0.2, 0.25) is 0 Å². The van der Waals surface area contributed by atoms with Gasteiger partial charge in [0.05, 0.1) is 16.4 Å². The number of hydrogen-bond donors (Lipinski definition) is 2. The topological polar surface area (TPSA) is 24.1 Å². The molecule has 0 saturated heterocycles. The quantitative estimate of drug-likeness (QED) is 0.734. The van der Waals surface area contributed by atoms with Crippen molar-refractivity contribution in [2.75, 3.05) is 23.7 Å². The first kappa shape index (κ1) is 12.1. The number of nitrogens with one attached hydrogen (secondary N) is 2. The van der Waals surface area contributed by atoms with Crippen molar-refractivity contribution < 1.29 is 4.39 Å². The van der Waals surface area contributed by atoms with Gasteiger partial charge in [0.25, 0.3) is 0 Å². The van der Waals surface area contributed by atoms with Crippen LogP contribution < -0.4 is 10.6 Å². The van der Waals surface area contributed by atoms with Gasteiger partial charge >= 0.3 is 0 Å². The van der Waals surface area contributed by atoms with Crippen molar-refractivity contribution >= 4 is 23.0 Å². The minimum Gasteiger partial charge on any atom is -0.383 e. The van der Waals surface area contributed by atoms with Gasteiger partial charge in [-0.15, -0.1) is 0 Å². The Bertz CT molecular complexity index is 420. The third-order valence-corrected chi connectivity index (χ3v) is 4.57. The summed E-state index contributed by atoms with van der Waals surface area (Å²) in [7, 11) is 0. The molecule has 0 atom stereocenters. The monoisotopic (exact) mass is 268 g/mol. The van der Waals surface area contributed by atoms with Crippen LogP contribution >= 0.6 is 11.6 Å². The second kappa shape index (κ2) is 4.61. The van der Waals surface area contributed by atoms with E-state index < -0.39 is 0 Å². The zero-order valence-electron chi connectivity index (χ0n) is 10.4. The summed E-state index contributed by atoms with van der Waals surface area (Å²) in [6.07, 6.45) is 6.44. The number of halogens is 2. The smallest absolute Gasteiger partial charge is 0.143 e. The van der Waals surface area contributed by atoms with Gasteiger partial charge < -0.3 is 10.6 Å². The SMILES string of the molecule is Fc1cc2c(cc1Cl)NCC1(CCCCC1)CN2. The number of rotatable bonds is 0. The maximum atomic E-state index is 13.5. The molecule has 1 fully saturated rings. The van der Waals surface area contributed by atoms with Crippen LogP contribution in [0, 0.1) is 11.2 Å². The number of anilines is 2. The van der Waals surface area contributed by atoms with Crippen LogP contribution in [0.15, 0.2) is 12.1 Å². The van der Waals surface area contributed by atoms with Crippen molar-refractivity contribution in [1.29, 1.82) is 0 Å². The molecule has 1 aromatic carbocycles. The van der Waals surface area contributed by atoms with Crippen LogP contribution in [0.4, 0.5) is 15.8 Å². The molecule has 1 aliphatic heterocycles. The van der Waals surface area contributed by atoms with E-state index in [-0.39, 0.29) is 10.8 Å². The lowest BCUT2D eigenvalue weighted by molar-refractivity contribution is 0.224. The third kappa shape index (κ3) is 2.16. The maximum Gasteiger partial charge on any atom is 0.143 e. The van der Waals surface area contributed by atoms with Crippen molar-refractivity contribution in [2.45, 2.75) is 32.1 Å². The first-order chi connectivity index (χ1) is 8.69. The van der Waals surface area contributed by atoms with Crippen molar-refractivity contribution in [3.05, 3.63) is 23.0 Å². The molecule has 1 saturated carbocycles. The maximum absolute atomic E-state index is 13.5. The lowest BCUT2D eigenvalue weighted by Crippen LogP contribution is -2.36. The highest BCUT2D eigenvalue weighted by Crippen LogP contribution is 2.40. The van der Waals surface area contributed by atoms with Gasteiger partial charge in [0.1, 0.15) is 5.82 Å². The number of hydrogen-bond acceptors (Lipinski definition) is 2. The van der Waals surface area contributed by atoms with Gasteiger partial charge in [-0.3, -0.25) is 0 Å². The van der Waals surface area contributed by atoms with Gasteiger partial charge in [-0.1, -0.05) is 30.9 Å². The van der Waals surface area contributed by atoms with Crippen LogP contribution in [0.25, 0.3) is 0 Å². The summed E-state index contributed by atoms with van der Waals surface area (Å²) < 4.78 is 13.5. The lowest BCUT2D eigenvalue weighted by atomic mass is 9.74. The van der Waals surface area contributed by atoms with Crippen molar-refractivity contribution in [1.82, 2.24) is 0 Å². The molecule has 2 N–H and O–H groups in total. The second-order valence-corrected chi connectivity index (χ2v) is 5.99. The Morgan fingerprint density at radius 3 is 2.28 bits per heavy atom. The zero-order valence-corrected chi connectivity index (χ0v) is 11.1. The van der Waals surface area contributed by atoms with Crippen molar-refractivity contribution in [3.63, 3.8) is 0 Å².